The molecule has 1 atom stereocenters. The van der Waals surface area contributed by atoms with Gasteiger partial charge in [-0.2, -0.15) is 8.42 Å². The predicted molar refractivity (Wildman–Crippen MR) is 126 cm³/mol. The van der Waals surface area contributed by atoms with Crippen molar-refractivity contribution in [3.63, 3.8) is 0 Å². The Kier molecular flexibility index (Phi) is 5.64. The second-order valence-corrected chi connectivity index (χ2v) is 10.2. The Morgan fingerprint density at radius 1 is 1.00 bits per heavy atom. The molecule has 1 N–H and O–H groups in total. The van der Waals surface area contributed by atoms with Crippen molar-refractivity contribution in [2.45, 2.75) is 30.7 Å². The van der Waals surface area contributed by atoms with Crippen LogP contribution in [0, 0.1) is 6.92 Å². The van der Waals surface area contributed by atoms with Gasteiger partial charge in [-0.15, -0.1) is 0 Å². The number of aryl methyl sites for hydroxylation is 1. The summed E-state index contributed by atoms with van der Waals surface area (Å²) >= 11 is 0. The Morgan fingerprint density at radius 2 is 1.82 bits per heavy atom. The molecule has 3 aromatic rings. The maximum absolute atomic E-state index is 12.6. The highest BCUT2D eigenvalue weighted by Crippen LogP contribution is 2.51. The van der Waals surface area contributed by atoms with Crippen molar-refractivity contribution < 1.29 is 22.4 Å². The second-order valence-electron chi connectivity index (χ2n) is 8.66. The number of rotatable bonds is 6. The molecule has 5 rings (SSSR count). The third-order valence-electron chi connectivity index (χ3n) is 6.63. The summed E-state index contributed by atoms with van der Waals surface area (Å²) in [5.41, 5.74) is 5.91. The fourth-order valence-corrected chi connectivity index (χ4v) is 6.12. The molecule has 0 bridgehead atoms. The van der Waals surface area contributed by atoms with Crippen molar-refractivity contribution in [2.24, 2.45) is 0 Å². The molecule has 3 aromatic carbocycles. The summed E-state index contributed by atoms with van der Waals surface area (Å²) in [5.74, 6) is 0.865. The highest BCUT2D eigenvalue weighted by molar-refractivity contribution is 7.86. The molecule has 0 spiro atoms. The Hall–Kier alpha value is -2.87. The van der Waals surface area contributed by atoms with Crippen LogP contribution < -0.4 is 4.74 Å². The summed E-state index contributed by atoms with van der Waals surface area (Å²) < 4.78 is 36.4. The van der Waals surface area contributed by atoms with Gasteiger partial charge < -0.3 is 9.84 Å². The van der Waals surface area contributed by atoms with E-state index in [9.17, 15) is 13.5 Å². The summed E-state index contributed by atoms with van der Waals surface area (Å²) in [6.45, 7) is 2.68. The van der Waals surface area contributed by atoms with E-state index in [1.807, 2.05) is 12.1 Å². The van der Waals surface area contributed by atoms with Gasteiger partial charge in [0.15, 0.2) is 0 Å². The smallest absolute Gasteiger partial charge is 0.297 e. The first kappa shape index (κ1) is 21.9. The van der Waals surface area contributed by atoms with Crippen molar-refractivity contribution in [1.29, 1.82) is 0 Å². The highest BCUT2D eigenvalue weighted by Gasteiger charge is 2.35. The lowest BCUT2D eigenvalue weighted by Crippen LogP contribution is -2.35. The van der Waals surface area contributed by atoms with E-state index in [-0.39, 0.29) is 29.9 Å². The molecule has 2 aliphatic rings. The number of likely N-dealkylation sites (N-methyl/N-ethyl adjacent to an activating group) is 1. The van der Waals surface area contributed by atoms with Gasteiger partial charge in [0.1, 0.15) is 24.7 Å². The molecular weight excluding hydrogens is 438 g/mol. The average molecular weight is 466 g/mol. The molecule has 0 radical (unpaired) electrons. The van der Waals surface area contributed by atoms with E-state index >= 15 is 0 Å². The summed E-state index contributed by atoms with van der Waals surface area (Å²) in [7, 11) is -1.73. The van der Waals surface area contributed by atoms with Gasteiger partial charge in [-0.1, -0.05) is 36.4 Å². The van der Waals surface area contributed by atoms with Gasteiger partial charge in [0.2, 0.25) is 0 Å². The second kappa shape index (κ2) is 8.48. The SMILES string of the molecule is Cc1ccccc1S(=O)(=O)OCCOc1ccc2c3c1-c1c(O)cccc1C[C@H]3N(C)CC2. The molecule has 7 heteroatoms. The number of phenols is 1. The first-order valence-electron chi connectivity index (χ1n) is 11.1. The average Bonchev–Trinajstić information content (AvgIpc) is 2.80. The monoisotopic (exact) mass is 465 g/mol. The minimum Gasteiger partial charge on any atom is -0.507 e. The first-order valence-corrected chi connectivity index (χ1v) is 12.5. The molecule has 0 amide bonds. The Bertz CT molecular complexity index is 1320. The molecule has 6 nitrogen and oxygen atoms in total. The van der Waals surface area contributed by atoms with Crippen molar-refractivity contribution in [1.82, 2.24) is 4.90 Å². The minimum absolute atomic E-state index is 0.0698. The van der Waals surface area contributed by atoms with Gasteiger partial charge in [0.25, 0.3) is 10.1 Å². The van der Waals surface area contributed by atoms with Gasteiger partial charge in [-0.3, -0.25) is 9.08 Å². The van der Waals surface area contributed by atoms with E-state index in [4.69, 9.17) is 8.92 Å². The standard InChI is InChI=1S/C26H27NO5S/c1-17-6-3-4-9-23(17)33(29,30)32-15-14-31-22-11-10-18-12-13-27(2)20-16-19-7-5-8-21(28)25(19)26(22)24(18)20/h3-11,20,28H,12-16H2,1-2H3/t20-/m1/s1. The molecule has 172 valence electrons. The fraction of sp³-hybridized carbons (Fsp3) is 0.308. The molecule has 0 saturated carbocycles. The predicted octanol–water partition coefficient (Wildman–Crippen LogP) is 4.24. The van der Waals surface area contributed by atoms with Crippen LogP contribution in [0.25, 0.3) is 11.1 Å². The van der Waals surface area contributed by atoms with Gasteiger partial charge in [0, 0.05) is 23.7 Å². The molecule has 33 heavy (non-hydrogen) atoms. The lowest BCUT2D eigenvalue weighted by Gasteiger charge is -2.40. The number of phenolic OH excluding ortho intramolecular Hbond substituents is 1. The lowest BCUT2D eigenvalue weighted by atomic mass is 9.76. The van der Waals surface area contributed by atoms with E-state index in [1.165, 1.54) is 17.2 Å². The third kappa shape index (κ3) is 3.90. The van der Waals surface area contributed by atoms with E-state index in [0.717, 1.165) is 36.1 Å². The van der Waals surface area contributed by atoms with Gasteiger partial charge in [-0.05, 0) is 67.3 Å². The first-order chi connectivity index (χ1) is 15.9. The molecule has 0 fully saturated rings. The maximum atomic E-state index is 12.6. The van der Waals surface area contributed by atoms with E-state index in [1.54, 1.807) is 31.2 Å². The van der Waals surface area contributed by atoms with Gasteiger partial charge >= 0.3 is 0 Å². The Labute approximate surface area is 194 Å². The Morgan fingerprint density at radius 3 is 2.64 bits per heavy atom. The number of hydrogen-bond acceptors (Lipinski definition) is 6. The number of fused-ring (bicyclic) bond motifs is 2. The zero-order valence-corrected chi connectivity index (χ0v) is 19.6. The summed E-state index contributed by atoms with van der Waals surface area (Å²) in [6, 6.07) is 16.6. The third-order valence-corrected chi connectivity index (χ3v) is 8.10. The zero-order chi connectivity index (χ0) is 23.2. The van der Waals surface area contributed by atoms with Crippen LogP contribution in [0.4, 0.5) is 0 Å². The quantitative estimate of drug-likeness (QED) is 0.434. The van der Waals surface area contributed by atoms with E-state index in [2.05, 4.69) is 24.1 Å². The van der Waals surface area contributed by atoms with Crippen molar-refractivity contribution in [3.8, 4) is 22.6 Å². The largest absolute Gasteiger partial charge is 0.507 e. The van der Waals surface area contributed by atoms with Crippen LogP contribution in [0.1, 0.15) is 28.3 Å². The molecule has 1 aliphatic carbocycles. The van der Waals surface area contributed by atoms with Crippen molar-refractivity contribution in [2.75, 3.05) is 26.8 Å². The molecule has 1 heterocycles. The van der Waals surface area contributed by atoms with Crippen LogP contribution in [0.2, 0.25) is 0 Å². The summed E-state index contributed by atoms with van der Waals surface area (Å²) in [5, 5.41) is 10.7. The number of ether oxygens (including phenoxy) is 1. The van der Waals surface area contributed by atoms with Crippen LogP contribution in [-0.2, 0) is 27.1 Å². The van der Waals surface area contributed by atoms with Crippen LogP contribution in [0.5, 0.6) is 11.5 Å². The van der Waals surface area contributed by atoms with Gasteiger partial charge in [0.05, 0.1) is 4.90 Å². The van der Waals surface area contributed by atoms with E-state index in [0.29, 0.717) is 11.3 Å². The van der Waals surface area contributed by atoms with Crippen LogP contribution >= 0.6 is 0 Å². The lowest BCUT2D eigenvalue weighted by molar-refractivity contribution is 0.215. The van der Waals surface area contributed by atoms with Crippen LogP contribution in [-0.4, -0.2) is 45.2 Å². The number of aromatic hydroxyl groups is 1. The van der Waals surface area contributed by atoms with E-state index < -0.39 is 10.1 Å². The maximum Gasteiger partial charge on any atom is 0.297 e. The van der Waals surface area contributed by atoms with Crippen LogP contribution in [0.15, 0.2) is 59.5 Å². The summed E-state index contributed by atoms with van der Waals surface area (Å²) in [4.78, 5) is 2.51. The number of hydrogen-bond donors (Lipinski definition) is 1. The fourth-order valence-electron chi connectivity index (χ4n) is 5.00. The number of nitrogens with zero attached hydrogens (tertiary/aromatic N) is 1. The molecular formula is C26H27NO5S. The minimum atomic E-state index is -3.86. The summed E-state index contributed by atoms with van der Waals surface area (Å²) in [6.07, 6.45) is 1.78. The normalized spacial score (nSPS) is 17.3. The zero-order valence-electron chi connectivity index (χ0n) is 18.7. The molecule has 1 aliphatic heterocycles. The van der Waals surface area contributed by atoms with Crippen LogP contribution in [0.3, 0.4) is 0 Å². The molecule has 0 unspecified atom stereocenters. The topological polar surface area (TPSA) is 76.1 Å². The van der Waals surface area contributed by atoms with Crippen molar-refractivity contribution >= 4 is 10.1 Å². The van der Waals surface area contributed by atoms with Gasteiger partial charge in [-0.25, -0.2) is 0 Å². The van der Waals surface area contributed by atoms with Crippen molar-refractivity contribution in [3.05, 3.63) is 76.9 Å². The molecule has 0 aromatic heterocycles. The highest BCUT2D eigenvalue weighted by atomic mass is 32.2. The Balaban J connectivity index is 1.42. The number of benzene rings is 3. The molecule has 0 saturated heterocycles.